The Hall–Kier alpha value is -2.08. The van der Waals surface area contributed by atoms with Crippen molar-refractivity contribution in [3.05, 3.63) is 45.9 Å². The van der Waals surface area contributed by atoms with Gasteiger partial charge in [0, 0.05) is 10.6 Å². The summed E-state index contributed by atoms with van der Waals surface area (Å²) >= 11 is 1.54. The lowest BCUT2D eigenvalue weighted by Crippen LogP contribution is -2.10. The molecule has 0 saturated heterocycles. The monoisotopic (exact) mass is 280 g/mol. The molecule has 0 aliphatic rings. The number of carbonyl (C=O) groups is 1. The highest BCUT2D eigenvalue weighted by molar-refractivity contribution is 7.10. The quantitative estimate of drug-likeness (QED) is 0.751. The molecule has 1 unspecified atom stereocenters. The maximum Gasteiger partial charge on any atom is 0.337 e. The molecule has 2 aromatic rings. The van der Waals surface area contributed by atoms with Crippen LogP contribution in [-0.2, 0) is 0 Å². The van der Waals surface area contributed by atoms with E-state index in [1.807, 2.05) is 24.4 Å². The summed E-state index contributed by atoms with van der Waals surface area (Å²) in [6.07, 6.45) is 0. The molecule has 4 N–H and O–H groups in total. The third-order valence-electron chi connectivity index (χ3n) is 2.71. The fourth-order valence-corrected chi connectivity index (χ4v) is 2.46. The summed E-state index contributed by atoms with van der Waals surface area (Å²) in [5, 5.41) is 13.8. The first-order valence-corrected chi connectivity index (χ1v) is 6.49. The van der Waals surface area contributed by atoms with Crippen LogP contribution in [0.5, 0.6) is 0 Å². The molecule has 1 aromatic heterocycles. The molecule has 2 rings (SSSR count). The second-order valence-electron chi connectivity index (χ2n) is 4.11. The van der Waals surface area contributed by atoms with Gasteiger partial charge in [0.2, 0.25) is 0 Å². The van der Waals surface area contributed by atoms with Crippen molar-refractivity contribution in [1.29, 1.82) is 0 Å². The highest BCUT2D eigenvalue weighted by Gasteiger charge is 2.15. The lowest BCUT2D eigenvalue weighted by atomic mass is 10.1. The number of hydrogen-bond donors (Lipinski definition) is 3. The maximum absolute atomic E-state index is 13.8. The van der Waals surface area contributed by atoms with Crippen LogP contribution in [0, 0.1) is 5.82 Å². The van der Waals surface area contributed by atoms with E-state index in [1.54, 1.807) is 11.3 Å². The number of benzene rings is 1. The predicted molar refractivity (Wildman–Crippen MR) is 74.1 cm³/mol. The van der Waals surface area contributed by atoms with Crippen molar-refractivity contribution in [2.75, 3.05) is 11.1 Å². The Morgan fingerprint density at radius 3 is 2.84 bits per heavy atom. The Morgan fingerprint density at radius 1 is 1.53 bits per heavy atom. The molecule has 1 aromatic carbocycles. The zero-order chi connectivity index (χ0) is 14.0. The molecule has 0 saturated carbocycles. The molecule has 4 nitrogen and oxygen atoms in total. The van der Waals surface area contributed by atoms with Gasteiger partial charge in [-0.1, -0.05) is 6.07 Å². The number of anilines is 2. The highest BCUT2D eigenvalue weighted by atomic mass is 32.1. The average molecular weight is 280 g/mol. The van der Waals surface area contributed by atoms with Gasteiger partial charge in [-0.2, -0.15) is 0 Å². The zero-order valence-electron chi connectivity index (χ0n) is 10.2. The van der Waals surface area contributed by atoms with E-state index in [0.717, 1.165) is 10.9 Å². The summed E-state index contributed by atoms with van der Waals surface area (Å²) in [5.74, 6) is -1.74. The van der Waals surface area contributed by atoms with Gasteiger partial charge in [0.25, 0.3) is 0 Å². The summed E-state index contributed by atoms with van der Waals surface area (Å²) in [5.41, 5.74) is 5.41. The molecule has 0 aliphatic carbocycles. The number of hydrogen-bond acceptors (Lipinski definition) is 4. The van der Waals surface area contributed by atoms with Crippen LogP contribution in [0.4, 0.5) is 15.8 Å². The number of carboxylic acid groups (broad SMARTS) is 1. The second-order valence-corrected chi connectivity index (χ2v) is 5.09. The van der Waals surface area contributed by atoms with Crippen molar-refractivity contribution in [3.63, 3.8) is 0 Å². The van der Waals surface area contributed by atoms with E-state index < -0.39 is 11.8 Å². The van der Waals surface area contributed by atoms with E-state index in [9.17, 15) is 9.18 Å². The van der Waals surface area contributed by atoms with E-state index in [4.69, 9.17) is 10.8 Å². The minimum atomic E-state index is -1.18. The molecule has 100 valence electrons. The van der Waals surface area contributed by atoms with Crippen LogP contribution in [0.1, 0.15) is 28.2 Å². The van der Waals surface area contributed by atoms with Crippen LogP contribution in [0.3, 0.4) is 0 Å². The number of nitrogens with two attached hydrogens (primary N) is 1. The largest absolute Gasteiger partial charge is 0.478 e. The van der Waals surface area contributed by atoms with Gasteiger partial charge in [-0.3, -0.25) is 0 Å². The highest BCUT2D eigenvalue weighted by Crippen LogP contribution is 2.27. The Balaban J connectivity index is 2.30. The van der Waals surface area contributed by atoms with E-state index in [0.29, 0.717) is 0 Å². The summed E-state index contributed by atoms with van der Waals surface area (Å²) in [7, 11) is 0. The Morgan fingerprint density at radius 2 is 2.26 bits per heavy atom. The fraction of sp³-hybridized carbons (Fsp3) is 0.154. The van der Waals surface area contributed by atoms with Gasteiger partial charge >= 0.3 is 5.97 Å². The number of carboxylic acids is 1. The standard InChI is InChI=1S/C13H13FN2O2S/c1-7(12-3-2-4-19-12)16-11-5-8(13(17)18)10(15)6-9(11)14/h2-7,16H,15H2,1H3,(H,17,18). The minimum absolute atomic E-state index is 0.0840. The molecule has 0 aliphatic heterocycles. The third kappa shape index (κ3) is 2.85. The van der Waals surface area contributed by atoms with Crippen molar-refractivity contribution in [1.82, 2.24) is 0 Å². The number of aromatic carboxylic acids is 1. The van der Waals surface area contributed by atoms with Gasteiger partial charge < -0.3 is 16.2 Å². The smallest absolute Gasteiger partial charge is 0.337 e. The number of rotatable bonds is 4. The van der Waals surface area contributed by atoms with Crippen molar-refractivity contribution < 1.29 is 14.3 Å². The summed E-state index contributed by atoms with van der Waals surface area (Å²) in [4.78, 5) is 12.0. The first-order chi connectivity index (χ1) is 8.99. The second kappa shape index (κ2) is 5.27. The summed E-state index contributed by atoms with van der Waals surface area (Å²) < 4.78 is 13.8. The first kappa shape index (κ1) is 13.4. The Bertz CT molecular complexity index is 599. The van der Waals surface area contributed by atoms with Crippen molar-refractivity contribution in [3.8, 4) is 0 Å². The van der Waals surface area contributed by atoms with E-state index in [1.165, 1.54) is 6.07 Å². The van der Waals surface area contributed by atoms with E-state index >= 15 is 0 Å². The summed E-state index contributed by atoms with van der Waals surface area (Å²) in [6.45, 7) is 1.88. The van der Waals surface area contributed by atoms with Gasteiger partial charge in [0.1, 0.15) is 5.82 Å². The normalized spacial score (nSPS) is 12.1. The van der Waals surface area contributed by atoms with Gasteiger partial charge in [-0.05, 0) is 30.5 Å². The first-order valence-electron chi connectivity index (χ1n) is 5.61. The van der Waals surface area contributed by atoms with Crippen LogP contribution >= 0.6 is 11.3 Å². The molecule has 0 spiro atoms. The van der Waals surface area contributed by atoms with Crippen molar-refractivity contribution in [2.45, 2.75) is 13.0 Å². The van der Waals surface area contributed by atoms with Crippen molar-refractivity contribution in [2.24, 2.45) is 0 Å². The van der Waals surface area contributed by atoms with E-state index in [2.05, 4.69) is 5.32 Å². The van der Waals surface area contributed by atoms with Gasteiger partial charge in [0.05, 0.1) is 17.3 Å². The number of halogens is 1. The molecule has 19 heavy (non-hydrogen) atoms. The Labute approximate surface area is 113 Å². The van der Waals surface area contributed by atoms with Gasteiger partial charge in [-0.15, -0.1) is 11.3 Å². The molecule has 1 atom stereocenters. The molecule has 6 heteroatoms. The van der Waals surface area contributed by atoms with Crippen LogP contribution in [0.2, 0.25) is 0 Å². The zero-order valence-corrected chi connectivity index (χ0v) is 11.0. The van der Waals surface area contributed by atoms with Gasteiger partial charge in [0.15, 0.2) is 0 Å². The molecule has 0 amide bonds. The average Bonchev–Trinajstić information content (AvgIpc) is 2.85. The molecular weight excluding hydrogens is 267 g/mol. The Kier molecular flexibility index (Phi) is 3.71. The lowest BCUT2D eigenvalue weighted by molar-refractivity contribution is 0.0698. The SMILES string of the molecule is CC(Nc1cc(C(=O)O)c(N)cc1F)c1cccs1. The number of nitrogens with one attached hydrogen (secondary N) is 1. The maximum atomic E-state index is 13.8. The fourth-order valence-electron chi connectivity index (χ4n) is 1.73. The van der Waals surface area contributed by atoms with Crippen molar-refractivity contribution >= 4 is 28.7 Å². The molecule has 1 heterocycles. The third-order valence-corrected chi connectivity index (χ3v) is 3.77. The van der Waals surface area contributed by atoms with Crippen LogP contribution in [0.15, 0.2) is 29.6 Å². The molecule has 0 radical (unpaired) electrons. The molecular formula is C13H13FN2O2S. The number of nitrogen functional groups attached to an aromatic ring is 1. The molecule has 0 bridgehead atoms. The minimum Gasteiger partial charge on any atom is -0.478 e. The summed E-state index contributed by atoms with van der Waals surface area (Å²) in [6, 6.07) is 5.96. The van der Waals surface area contributed by atoms with Gasteiger partial charge in [-0.25, -0.2) is 9.18 Å². The van der Waals surface area contributed by atoms with Crippen LogP contribution < -0.4 is 11.1 Å². The van der Waals surface area contributed by atoms with Crippen LogP contribution in [0.25, 0.3) is 0 Å². The van der Waals surface area contributed by atoms with E-state index in [-0.39, 0.29) is 23.0 Å². The van der Waals surface area contributed by atoms with Crippen LogP contribution in [-0.4, -0.2) is 11.1 Å². The topological polar surface area (TPSA) is 75.3 Å². The lowest BCUT2D eigenvalue weighted by Gasteiger charge is -2.15. The number of thiophene rings is 1. The predicted octanol–water partition coefficient (Wildman–Crippen LogP) is 3.34. The molecule has 0 fully saturated rings.